The highest BCUT2D eigenvalue weighted by molar-refractivity contribution is 5.88. The van der Waals surface area contributed by atoms with Crippen LogP contribution in [-0.2, 0) is 22.6 Å². The van der Waals surface area contributed by atoms with Crippen LogP contribution >= 0.6 is 0 Å². The summed E-state index contributed by atoms with van der Waals surface area (Å²) in [5, 5.41) is 2.98. The number of hydrogen-bond acceptors (Lipinski definition) is 4. The zero-order valence-electron chi connectivity index (χ0n) is 20.7. The second kappa shape index (κ2) is 13.2. The first kappa shape index (κ1) is 25.8. The van der Waals surface area contributed by atoms with E-state index in [9.17, 15) is 9.59 Å². The molecule has 0 aromatic heterocycles. The van der Waals surface area contributed by atoms with Gasteiger partial charge in [0.15, 0.2) is 6.61 Å². The Morgan fingerprint density at radius 3 is 2.31 bits per heavy atom. The Kier molecular flexibility index (Phi) is 9.72. The molecule has 3 aromatic carbocycles. The maximum absolute atomic E-state index is 13.5. The van der Waals surface area contributed by atoms with Crippen LogP contribution in [0.3, 0.4) is 0 Å². The first-order chi connectivity index (χ1) is 17.0. The minimum absolute atomic E-state index is 0.167. The van der Waals surface area contributed by atoms with Crippen molar-refractivity contribution < 1.29 is 19.1 Å². The van der Waals surface area contributed by atoms with E-state index in [4.69, 9.17) is 9.47 Å². The van der Waals surface area contributed by atoms with Crippen LogP contribution < -0.4 is 14.8 Å². The van der Waals surface area contributed by atoms with Gasteiger partial charge in [0.25, 0.3) is 5.91 Å². The largest absolute Gasteiger partial charge is 0.497 e. The molecular formula is C29H34N2O4. The van der Waals surface area contributed by atoms with E-state index in [0.717, 1.165) is 23.1 Å². The van der Waals surface area contributed by atoms with E-state index >= 15 is 0 Å². The molecule has 2 amide bonds. The van der Waals surface area contributed by atoms with E-state index in [1.807, 2.05) is 92.7 Å². The molecule has 0 heterocycles. The monoisotopic (exact) mass is 474 g/mol. The van der Waals surface area contributed by atoms with Crippen molar-refractivity contribution >= 4 is 11.8 Å². The number of methoxy groups -OCH3 is 1. The molecule has 0 saturated carbocycles. The van der Waals surface area contributed by atoms with Crippen molar-refractivity contribution in [3.8, 4) is 11.5 Å². The first-order valence-corrected chi connectivity index (χ1v) is 11.9. The molecule has 0 bridgehead atoms. The Hall–Kier alpha value is -3.80. The van der Waals surface area contributed by atoms with Crippen molar-refractivity contribution in [1.29, 1.82) is 0 Å². The molecule has 1 unspecified atom stereocenters. The van der Waals surface area contributed by atoms with Crippen molar-refractivity contribution in [1.82, 2.24) is 10.2 Å². The van der Waals surface area contributed by atoms with Crippen LogP contribution in [0.4, 0.5) is 0 Å². The van der Waals surface area contributed by atoms with Crippen LogP contribution in [-0.4, -0.2) is 43.0 Å². The third kappa shape index (κ3) is 7.88. The standard InChI is InChI=1S/C29H34N2O4/c1-4-17-30-29(33)27(19-23-9-6-5-7-10-23)31(20-24-11-8-12-26(18-24)34-3)28(32)21-35-25-15-13-22(2)14-16-25/h5-16,18,27H,4,17,19-21H2,1-3H3,(H,30,33). The summed E-state index contributed by atoms with van der Waals surface area (Å²) in [7, 11) is 1.61. The van der Waals surface area contributed by atoms with E-state index in [0.29, 0.717) is 24.5 Å². The van der Waals surface area contributed by atoms with Gasteiger partial charge in [0, 0.05) is 19.5 Å². The van der Waals surface area contributed by atoms with Gasteiger partial charge in [-0.25, -0.2) is 0 Å². The molecule has 0 fully saturated rings. The molecule has 35 heavy (non-hydrogen) atoms. The lowest BCUT2D eigenvalue weighted by molar-refractivity contribution is -0.142. The fourth-order valence-electron chi connectivity index (χ4n) is 3.75. The average Bonchev–Trinajstić information content (AvgIpc) is 2.89. The number of nitrogens with one attached hydrogen (secondary N) is 1. The third-order valence-corrected chi connectivity index (χ3v) is 5.69. The fraction of sp³-hybridized carbons (Fsp3) is 0.310. The zero-order chi connectivity index (χ0) is 25.0. The van der Waals surface area contributed by atoms with Gasteiger partial charge in [0.2, 0.25) is 5.91 Å². The molecule has 6 nitrogen and oxygen atoms in total. The predicted molar refractivity (Wildman–Crippen MR) is 137 cm³/mol. The Labute approximate surface area is 207 Å². The number of nitrogens with zero attached hydrogens (tertiary/aromatic N) is 1. The fourth-order valence-corrected chi connectivity index (χ4v) is 3.75. The highest BCUT2D eigenvalue weighted by Crippen LogP contribution is 2.19. The van der Waals surface area contributed by atoms with E-state index in [1.54, 1.807) is 12.0 Å². The maximum Gasteiger partial charge on any atom is 0.261 e. The van der Waals surface area contributed by atoms with Crippen molar-refractivity contribution in [2.24, 2.45) is 0 Å². The number of ether oxygens (including phenoxy) is 2. The smallest absolute Gasteiger partial charge is 0.261 e. The van der Waals surface area contributed by atoms with Gasteiger partial charge in [-0.1, -0.05) is 67.1 Å². The summed E-state index contributed by atoms with van der Waals surface area (Å²) < 4.78 is 11.2. The van der Waals surface area contributed by atoms with E-state index < -0.39 is 6.04 Å². The predicted octanol–water partition coefficient (Wildman–Crippen LogP) is 4.55. The summed E-state index contributed by atoms with van der Waals surface area (Å²) in [6.07, 6.45) is 1.21. The normalized spacial score (nSPS) is 11.4. The maximum atomic E-state index is 13.5. The Morgan fingerprint density at radius 1 is 0.914 bits per heavy atom. The molecule has 0 saturated heterocycles. The highest BCUT2D eigenvalue weighted by Gasteiger charge is 2.30. The zero-order valence-corrected chi connectivity index (χ0v) is 20.7. The lowest BCUT2D eigenvalue weighted by atomic mass is 10.0. The minimum atomic E-state index is -0.690. The molecule has 0 radical (unpaired) electrons. The summed E-state index contributed by atoms with van der Waals surface area (Å²) >= 11 is 0. The molecule has 0 aliphatic rings. The van der Waals surface area contributed by atoms with Crippen LogP contribution in [0.15, 0.2) is 78.9 Å². The molecule has 3 aromatic rings. The molecule has 3 rings (SSSR count). The Bertz CT molecular complexity index is 1080. The highest BCUT2D eigenvalue weighted by atomic mass is 16.5. The molecule has 0 spiro atoms. The summed E-state index contributed by atoms with van der Waals surface area (Å²) in [5.74, 6) is 0.865. The van der Waals surface area contributed by atoms with E-state index in [-0.39, 0.29) is 25.0 Å². The molecule has 0 aliphatic heterocycles. The minimum Gasteiger partial charge on any atom is -0.497 e. The number of carbonyl (C=O) groups excluding carboxylic acids is 2. The van der Waals surface area contributed by atoms with Gasteiger partial charge < -0.3 is 19.7 Å². The number of rotatable bonds is 12. The van der Waals surface area contributed by atoms with Crippen LogP contribution in [0.5, 0.6) is 11.5 Å². The molecular weight excluding hydrogens is 440 g/mol. The summed E-state index contributed by atoms with van der Waals surface area (Å²) in [6.45, 7) is 4.63. The van der Waals surface area contributed by atoms with Crippen molar-refractivity contribution in [2.75, 3.05) is 20.3 Å². The second-order valence-electron chi connectivity index (χ2n) is 8.47. The number of aryl methyl sites for hydroxylation is 1. The second-order valence-corrected chi connectivity index (χ2v) is 8.47. The van der Waals surface area contributed by atoms with Crippen LogP contribution in [0, 0.1) is 6.92 Å². The van der Waals surface area contributed by atoms with Gasteiger partial charge in [-0.05, 0) is 48.7 Å². The van der Waals surface area contributed by atoms with Crippen molar-refractivity contribution in [3.05, 3.63) is 95.6 Å². The van der Waals surface area contributed by atoms with Gasteiger partial charge in [0.05, 0.1) is 7.11 Å². The average molecular weight is 475 g/mol. The molecule has 1 atom stereocenters. The first-order valence-electron chi connectivity index (χ1n) is 11.9. The number of hydrogen-bond donors (Lipinski definition) is 1. The van der Waals surface area contributed by atoms with Gasteiger partial charge in [-0.2, -0.15) is 0 Å². The lowest BCUT2D eigenvalue weighted by Gasteiger charge is -2.31. The molecule has 6 heteroatoms. The molecule has 0 aliphatic carbocycles. The van der Waals surface area contributed by atoms with E-state index in [1.165, 1.54) is 0 Å². The summed E-state index contributed by atoms with van der Waals surface area (Å²) in [6, 6.07) is 24.1. The van der Waals surface area contributed by atoms with Crippen LogP contribution in [0.1, 0.15) is 30.0 Å². The quantitative estimate of drug-likeness (QED) is 0.418. The number of amides is 2. The van der Waals surface area contributed by atoms with Crippen LogP contribution in [0.2, 0.25) is 0 Å². The molecule has 1 N–H and O–H groups in total. The van der Waals surface area contributed by atoms with Gasteiger partial charge in [-0.15, -0.1) is 0 Å². The SMILES string of the molecule is CCCNC(=O)C(Cc1ccccc1)N(Cc1cccc(OC)c1)C(=O)COc1ccc(C)cc1. The number of benzene rings is 3. The molecule has 184 valence electrons. The topological polar surface area (TPSA) is 67.9 Å². The lowest BCUT2D eigenvalue weighted by Crippen LogP contribution is -2.51. The van der Waals surface area contributed by atoms with Crippen LogP contribution in [0.25, 0.3) is 0 Å². The number of carbonyl (C=O) groups is 2. The van der Waals surface area contributed by atoms with Crippen molar-refractivity contribution in [3.63, 3.8) is 0 Å². The van der Waals surface area contributed by atoms with Gasteiger partial charge in [0.1, 0.15) is 17.5 Å². The Balaban J connectivity index is 1.89. The van der Waals surface area contributed by atoms with Gasteiger partial charge >= 0.3 is 0 Å². The van der Waals surface area contributed by atoms with E-state index in [2.05, 4.69) is 5.32 Å². The van der Waals surface area contributed by atoms with Gasteiger partial charge in [-0.3, -0.25) is 9.59 Å². The Morgan fingerprint density at radius 2 is 1.63 bits per heavy atom. The summed E-state index contributed by atoms with van der Waals surface area (Å²) in [5.41, 5.74) is 2.96. The third-order valence-electron chi connectivity index (χ3n) is 5.69. The summed E-state index contributed by atoms with van der Waals surface area (Å²) in [4.78, 5) is 28.5. The van der Waals surface area contributed by atoms with Crippen molar-refractivity contribution in [2.45, 2.75) is 39.3 Å².